The number of nitrogens with one attached hydrogen (secondary N) is 1. The van der Waals surface area contributed by atoms with E-state index in [1.54, 1.807) is 56.6 Å². The standard InChI is InChI=1S/C20H25N5O3/c1-15(2)28-19(27)16-4-6-17(7-5-16)23-18(26)14-24-10-12-25(13-11-24)20-21-8-3-9-22-20/h3-9,15H,10-14H2,1-2H3,(H,23,26). The lowest BCUT2D eigenvalue weighted by atomic mass is 10.2. The Balaban J connectivity index is 1.45. The van der Waals surface area contributed by atoms with Crippen LogP contribution in [0.5, 0.6) is 0 Å². The minimum absolute atomic E-state index is 0.0816. The lowest BCUT2D eigenvalue weighted by Gasteiger charge is -2.34. The van der Waals surface area contributed by atoms with Crippen molar-refractivity contribution in [1.82, 2.24) is 14.9 Å². The topological polar surface area (TPSA) is 87.7 Å². The molecule has 1 aliphatic rings. The molecule has 1 aromatic carbocycles. The van der Waals surface area contributed by atoms with Crippen molar-refractivity contribution in [2.75, 3.05) is 42.9 Å². The van der Waals surface area contributed by atoms with Gasteiger partial charge in [-0.2, -0.15) is 0 Å². The van der Waals surface area contributed by atoms with Gasteiger partial charge in [0.25, 0.3) is 0 Å². The van der Waals surface area contributed by atoms with Gasteiger partial charge in [-0.15, -0.1) is 0 Å². The van der Waals surface area contributed by atoms with Gasteiger partial charge < -0.3 is 15.0 Å². The van der Waals surface area contributed by atoms with E-state index < -0.39 is 0 Å². The Morgan fingerprint density at radius 2 is 1.71 bits per heavy atom. The predicted molar refractivity (Wildman–Crippen MR) is 106 cm³/mol. The fraction of sp³-hybridized carbons (Fsp3) is 0.400. The number of hydrogen-bond donors (Lipinski definition) is 1. The molecule has 0 unspecified atom stereocenters. The van der Waals surface area contributed by atoms with Gasteiger partial charge in [-0.25, -0.2) is 14.8 Å². The molecule has 8 heteroatoms. The molecule has 1 aliphatic heterocycles. The molecule has 1 saturated heterocycles. The van der Waals surface area contributed by atoms with E-state index in [9.17, 15) is 9.59 Å². The Kier molecular flexibility index (Phi) is 6.54. The van der Waals surface area contributed by atoms with Crippen LogP contribution >= 0.6 is 0 Å². The van der Waals surface area contributed by atoms with Gasteiger partial charge in [0.15, 0.2) is 0 Å². The second-order valence-electron chi connectivity index (χ2n) is 6.89. The summed E-state index contributed by atoms with van der Waals surface area (Å²) in [5.74, 6) is 0.276. The summed E-state index contributed by atoms with van der Waals surface area (Å²) in [6.07, 6.45) is 3.30. The summed E-state index contributed by atoms with van der Waals surface area (Å²) in [7, 11) is 0. The molecule has 0 spiro atoms. The van der Waals surface area contributed by atoms with Crippen LogP contribution in [-0.4, -0.2) is 65.6 Å². The molecule has 28 heavy (non-hydrogen) atoms. The first kappa shape index (κ1) is 19.8. The van der Waals surface area contributed by atoms with Crippen LogP contribution in [0.15, 0.2) is 42.7 Å². The number of carbonyl (C=O) groups is 2. The highest BCUT2D eigenvalue weighted by Crippen LogP contribution is 2.13. The third-order valence-corrected chi connectivity index (χ3v) is 4.32. The first-order valence-electron chi connectivity index (χ1n) is 9.36. The summed E-state index contributed by atoms with van der Waals surface area (Å²) in [6, 6.07) is 8.51. The molecule has 0 atom stereocenters. The monoisotopic (exact) mass is 383 g/mol. The predicted octanol–water partition coefficient (Wildman–Crippen LogP) is 1.80. The van der Waals surface area contributed by atoms with Crippen molar-refractivity contribution in [2.45, 2.75) is 20.0 Å². The van der Waals surface area contributed by atoms with Crippen molar-refractivity contribution in [3.63, 3.8) is 0 Å². The van der Waals surface area contributed by atoms with Crippen molar-refractivity contribution in [3.05, 3.63) is 48.3 Å². The Hall–Kier alpha value is -3.00. The first-order valence-corrected chi connectivity index (χ1v) is 9.36. The van der Waals surface area contributed by atoms with Crippen LogP contribution in [-0.2, 0) is 9.53 Å². The number of aromatic nitrogens is 2. The number of amides is 1. The SMILES string of the molecule is CC(C)OC(=O)c1ccc(NC(=O)CN2CCN(c3ncccn3)CC2)cc1. The van der Waals surface area contributed by atoms with E-state index in [1.165, 1.54) is 0 Å². The van der Waals surface area contributed by atoms with Crippen LogP contribution in [0.4, 0.5) is 11.6 Å². The second-order valence-corrected chi connectivity index (χ2v) is 6.89. The van der Waals surface area contributed by atoms with Gasteiger partial charge >= 0.3 is 5.97 Å². The second kappa shape index (κ2) is 9.27. The summed E-state index contributed by atoms with van der Waals surface area (Å²) >= 11 is 0. The Bertz CT molecular complexity index is 787. The van der Waals surface area contributed by atoms with Gasteiger partial charge in [-0.3, -0.25) is 9.69 Å². The third-order valence-electron chi connectivity index (χ3n) is 4.32. The zero-order chi connectivity index (χ0) is 19.9. The maximum atomic E-state index is 12.3. The molecule has 0 aliphatic carbocycles. The number of anilines is 2. The highest BCUT2D eigenvalue weighted by atomic mass is 16.5. The van der Waals surface area contributed by atoms with Gasteiger partial charge in [0, 0.05) is 44.3 Å². The van der Waals surface area contributed by atoms with Crippen LogP contribution in [0.25, 0.3) is 0 Å². The minimum atomic E-state index is -0.367. The van der Waals surface area contributed by atoms with E-state index in [0.29, 0.717) is 17.8 Å². The van der Waals surface area contributed by atoms with Crippen molar-refractivity contribution >= 4 is 23.5 Å². The zero-order valence-corrected chi connectivity index (χ0v) is 16.2. The maximum absolute atomic E-state index is 12.3. The summed E-state index contributed by atoms with van der Waals surface area (Å²) in [6.45, 7) is 7.03. The highest BCUT2D eigenvalue weighted by molar-refractivity contribution is 5.94. The quantitative estimate of drug-likeness (QED) is 0.761. The fourth-order valence-electron chi connectivity index (χ4n) is 2.94. The number of nitrogens with zero attached hydrogens (tertiary/aromatic N) is 4. The molecule has 0 saturated carbocycles. The number of ether oxygens (including phenoxy) is 1. The molecular weight excluding hydrogens is 358 g/mol. The minimum Gasteiger partial charge on any atom is -0.459 e. The summed E-state index contributed by atoms with van der Waals surface area (Å²) in [5, 5.41) is 2.87. The lowest BCUT2D eigenvalue weighted by Crippen LogP contribution is -2.49. The Labute approximate surface area is 164 Å². The molecule has 0 radical (unpaired) electrons. The average molecular weight is 383 g/mol. The zero-order valence-electron chi connectivity index (χ0n) is 16.2. The molecule has 0 bridgehead atoms. The van der Waals surface area contributed by atoms with E-state index in [2.05, 4.69) is 25.1 Å². The van der Waals surface area contributed by atoms with Crippen LogP contribution < -0.4 is 10.2 Å². The molecule has 1 amide bonds. The molecule has 1 N–H and O–H groups in total. The maximum Gasteiger partial charge on any atom is 0.338 e. The molecule has 3 rings (SSSR count). The van der Waals surface area contributed by atoms with E-state index in [-0.39, 0.29) is 18.0 Å². The number of piperazine rings is 1. The van der Waals surface area contributed by atoms with Crippen molar-refractivity contribution in [2.24, 2.45) is 0 Å². The van der Waals surface area contributed by atoms with Gasteiger partial charge in [0.1, 0.15) is 0 Å². The first-order chi connectivity index (χ1) is 13.5. The summed E-state index contributed by atoms with van der Waals surface area (Å²) < 4.78 is 5.15. The van der Waals surface area contributed by atoms with Crippen LogP contribution in [0, 0.1) is 0 Å². The summed E-state index contributed by atoms with van der Waals surface area (Å²) in [4.78, 5) is 36.9. The molecule has 2 heterocycles. The van der Waals surface area contributed by atoms with E-state index in [4.69, 9.17) is 4.74 Å². The Morgan fingerprint density at radius 1 is 1.07 bits per heavy atom. The number of benzene rings is 1. The largest absolute Gasteiger partial charge is 0.459 e. The van der Waals surface area contributed by atoms with Gasteiger partial charge in [0.2, 0.25) is 11.9 Å². The lowest BCUT2D eigenvalue weighted by molar-refractivity contribution is -0.117. The van der Waals surface area contributed by atoms with E-state index in [0.717, 1.165) is 32.1 Å². The number of hydrogen-bond acceptors (Lipinski definition) is 7. The Morgan fingerprint density at radius 3 is 2.32 bits per heavy atom. The van der Waals surface area contributed by atoms with Crippen molar-refractivity contribution in [3.8, 4) is 0 Å². The average Bonchev–Trinajstić information content (AvgIpc) is 2.69. The molecule has 2 aromatic rings. The van der Waals surface area contributed by atoms with Gasteiger partial charge in [-0.1, -0.05) is 0 Å². The number of rotatable bonds is 6. The molecular formula is C20H25N5O3. The van der Waals surface area contributed by atoms with Crippen LogP contribution in [0.3, 0.4) is 0 Å². The normalized spacial score (nSPS) is 14.8. The summed E-state index contributed by atoms with van der Waals surface area (Å²) in [5.41, 5.74) is 1.12. The molecule has 8 nitrogen and oxygen atoms in total. The number of carbonyl (C=O) groups excluding carboxylic acids is 2. The van der Waals surface area contributed by atoms with E-state index >= 15 is 0 Å². The highest BCUT2D eigenvalue weighted by Gasteiger charge is 2.20. The van der Waals surface area contributed by atoms with Gasteiger partial charge in [-0.05, 0) is 44.2 Å². The van der Waals surface area contributed by atoms with Crippen LogP contribution in [0.1, 0.15) is 24.2 Å². The molecule has 148 valence electrons. The van der Waals surface area contributed by atoms with Crippen molar-refractivity contribution in [1.29, 1.82) is 0 Å². The third kappa shape index (κ3) is 5.50. The van der Waals surface area contributed by atoms with Crippen molar-refractivity contribution < 1.29 is 14.3 Å². The fourth-order valence-corrected chi connectivity index (χ4v) is 2.94. The molecule has 1 aromatic heterocycles. The smallest absolute Gasteiger partial charge is 0.338 e. The molecule has 1 fully saturated rings. The van der Waals surface area contributed by atoms with Crippen LogP contribution in [0.2, 0.25) is 0 Å². The van der Waals surface area contributed by atoms with Gasteiger partial charge in [0.05, 0.1) is 18.2 Å². The van der Waals surface area contributed by atoms with E-state index in [1.807, 2.05) is 0 Å². The number of esters is 1.